The summed E-state index contributed by atoms with van der Waals surface area (Å²) in [6, 6.07) is 7.82. The SMILES string of the molecule is CCNC(=O)c1cc(Oc2cccc(O)c2N)ccn1. The highest BCUT2D eigenvalue weighted by atomic mass is 16.5. The number of nitrogens with zero attached hydrogens (tertiary/aromatic N) is 1. The first-order valence-corrected chi connectivity index (χ1v) is 6.11. The third-order valence-electron chi connectivity index (χ3n) is 2.57. The molecule has 6 heteroatoms. The van der Waals surface area contributed by atoms with E-state index in [0.29, 0.717) is 18.0 Å². The van der Waals surface area contributed by atoms with Gasteiger partial charge in [0.05, 0.1) is 0 Å². The zero-order valence-corrected chi connectivity index (χ0v) is 11.0. The Labute approximate surface area is 116 Å². The topological polar surface area (TPSA) is 97.5 Å². The molecular formula is C14H15N3O3. The van der Waals surface area contributed by atoms with Crippen molar-refractivity contribution in [3.8, 4) is 17.2 Å². The summed E-state index contributed by atoms with van der Waals surface area (Å²) >= 11 is 0. The van der Waals surface area contributed by atoms with E-state index < -0.39 is 0 Å². The zero-order chi connectivity index (χ0) is 14.5. The fraction of sp³-hybridized carbons (Fsp3) is 0.143. The highest BCUT2D eigenvalue weighted by molar-refractivity contribution is 5.92. The van der Waals surface area contributed by atoms with Crippen molar-refractivity contribution in [3.63, 3.8) is 0 Å². The number of rotatable bonds is 4. The largest absolute Gasteiger partial charge is 0.506 e. The van der Waals surface area contributed by atoms with Crippen LogP contribution in [0.25, 0.3) is 0 Å². The van der Waals surface area contributed by atoms with Gasteiger partial charge in [0.2, 0.25) is 0 Å². The average Bonchev–Trinajstić information content (AvgIpc) is 2.44. The highest BCUT2D eigenvalue weighted by Gasteiger charge is 2.10. The van der Waals surface area contributed by atoms with Crippen molar-refractivity contribution in [1.29, 1.82) is 0 Å². The number of nitrogens with one attached hydrogen (secondary N) is 1. The molecule has 0 saturated carbocycles. The molecule has 0 fully saturated rings. The fourth-order valence-corrected chi connectivity index (χ4v) is 1.60. The van der Waals surface area contributed by atoms with E-state index in [-0.39, 0.29) is 23.0 Å². The number of carbonyl (C=O) groups is 1. The number of amides is 1. The molecule has 0 spiro atoms. The first-order chi connectivity index (χ1) is 9.61. The summed E-state index contributed by atoms with van der Waals surface area (Å²) in [6.45, 7) is 2.34. The molecule has 104 valence electrons. The molecule has 0 atom stereocenters. The lowest BCUT2D eigenvalue weighted by molar-refractivity contribution is 0.0950. The summed E-state index contributed by atoms with van der Waals surface area (Å²) in [5.74, 6) is 0.402. The van der Waals surface area contributed by atoms with E-state index in [1.807, 2.05) is 6.92 Å². The summed E-state index contributed by atoms with van der Waals surface area (Å²) in [5, 5.41) is 12.2. The van der Waals surface area contributed by atoms with Crippen molar-refractivity contribution in [2.45, 2.75) is 6.92 Å². The number of nitrogen functional groups attached to an aromatic ring is 1. The number of nitrogens with two attached hydrogens (primary N) is 1. The Morgan fingerprint density at radius 1 is 1.45 bits per heavy atom. The van der Waals surface area contributed by atoms with Crippen molar-refractivity contribution >= 4 is 11.6 Å². The first-order valence-electron chi connectivity index (χ1n) is 6.11. The number of benzene rings is 1. The molecule has 1 aromatic carbocycles. The second-order valence-electron chi connectivity index (χ2n) is 4.03. The summed E-state index contributed by atoms with van der Waals surface area (Å²) in [4.78, 5) is 15.6. The Hall–Kier alpha value is -2.76. The number of hydrogen-bond acceptors (Lipinski definition) is 5. The third-order valence-corrected chi connectivity index (χ3v) is 2.57. The lowest BCUT2D eigenvalue weighted by atomic mass is 10.2. The molecule has 4 N–H and O–H groups in total. The molecule has 0 radical (unpaired) electrons. The van der Waals surface area contributed by atoms with Crippen molar-refractivity contribution in [2.24, 2.45) is 0 Å². The molecule has 1 amide bonds. The molecular weight excluding hydrogens is 258 g/mol. The average molecular weight is 273 g/mol. The van der Waals surface area contributed by atoms with E-state index in [9.17, 15) is 9.90 Å². The van der Waals surface area contributed by atoms with Gasteiger partial charge in [0.15, 0.2) is 5.75 Å². The van der Waals surface area contributed by atoms with Gasteiger partial charge in [-0.2, -0.15) is 0 Å². The Kier molecular flexibility index (Phi) is 4.05. The first kappa shape index (κ1) is 13.7. The van der Waals surface area contributed by atoms with Crippen molar-refractivity contribution < 1.29 is 14.6 Å². The van der Waals surface area contributed by atoms with Crippen LogP contribution in [0.1, 0.15) is 17.4 Å². The maximum Gasteiger partial charge on any atom is 0.270 e. The number of pyridine rings is 1. The van der Waals surface area contributed by atoms with Gasteiger partial charge in [-0.15, -0.1) is 0 Å². The number of aromatic hydroxyl groups is 1. The van der Waals surface area contributed by atoms with Crippen LogP contribution in [0.5, 0.6) is 17.2 Å². The molecule has 20 heavy (non-hydrogen) atoms. The van der Waals surface area contributed by atoms with E-state index >= 15 is 0 Å². The molecule has 0 bridgehead atoms. The number of ether oxygens (including phenoxy) is 1. The van der Waals surface area contributed by atoms with Crippen LogP contribution in [-0.2, 0) is 0 Å². The monoisotopic (exact) mass is 273 g/mol. The van der Waals surface area contributed by atoms with Crippen LogP contribution < -0.4 is 15.8 Å². The van der Waals surface area contributed by atoms with Crippen molar-refractivity contribution in [2.75, 3.05) is 12.3 Å². The van der Waals surface area contributed by atoms with E-state index in [1.54, 1.807) is 18.2 Å². The molecule has 0 aliphatic rings. The van der Waals surface area contributed by atoms with Crippen LogP contribution in [0.2, 0.25) is 0 Å². The minimum atomic E-state index is -0.276. The quantitative estimate of drug-likeness (QED) is 0.584. The number of phenolic OH excluding ortho intramolecular Hbond substituents is 1. The number of phenols is 1. The molecule has 2 rings (SSSR count). The van der Waals surface area contributed by atoms with Crippen LogP contribution in [0.4, 0.5) is 5.69 Å². The van der Waals surface area contributed by atoms with Gasteiger partial charge in [-0.3, -0.25) is 9.78 Å². The predicted molar refractivity (Wildman–Crippen MR) is 74.8 cm³/mol. The predicted octanol–water partition coefficient (Wildman–Crippen LogP) is 1.91. The number of aromatic nitrogens is 1. The minimum Gasteiger partial charge on any atom is -0.506 e. The van der Waals surface area contributed by atoms with Crippen LogP contribution in [0.3, 0.4) is 0 Å². The Morgan fingerprint density at radius 3 is 3.00 bits per heavy atom. The summed E-state index contributed by atoms with van der Waals surface area (Å²) in [5.41, 5.74) is 6.10. The Morgan fingerprint density at radius 2 is 2.25 bits per heavy atom. The maximum atomic E-state index is 11.7. The van der Waals surface area contributed by atoms with E-state index in [0.717, 1.165) is 0 Å². The summed E-state index contributed by atoms with van der Waals surface area (Å²) in [6.07, 6.45) is 1.47. The normalized spacial score (nSPS) is 10.1. The maximum absolute atomic E-state index is 11.7. The Balaban J connectivity index is 2.24. The van der Waals surface area contributed by atoms with Crippen LogP contribution in [0.15, 0.2) is 36.5 Å². The van der Waals surface area contributed by atoms with Gasteiger partial charge in [-0.1, -0.05) is 6.07 Å². The lowest BCUT2D eigenvalue weighted by Gasteiger charge is -2.10. The molecule has 0 unspecified atom stereocenters. The highest BCUT2D eigenvalue weighted by Crippen LogP contribution is 2.33. The summed E-state index contributed by atoms with van der Waals surface area (Å²) in [7, 11) is 0. The molecule has 0 saturated heterocycles. The van der Waals surface area contributed by atoms with Gasteiger partial charge in [-0.25, -0.2) is 0 Å². The number of para-hydroxylation sites is 1. The number of anilines is 1. The van der Waals surface area contributed by atoms with Gasteiger partial charge < -0.3 is 20.9 Å². The van der Waals surface area contributed by atoms with Crippen molar-refractivity contribution in [3.05, 3.63) is 42.2 Å². The van der Waals surface area contributed by atoms with Crippen LogP contribution in [0, 0.1) is 0 Å². The third kappa shape index (κ3) is 2.97. The van der Waals surface area contributed by atoms with Gasteiger partial charge in [-0.05, 0) is 25.1 Å². The van der Waals surface area contributed by atoms with Gasteiger partial charge in [0.25, 0.3) is 5.91 Å². The molecule has 1 aromatic heterocycles. The second kappa shape index (κ2) is 5.92. The van der Waals surface area contributed by atoms with E-state index in [4.69, 9.17) is 10.5 Å². The zero-order valence-electron chi connectivity index (χ0n) is 11.0. The molecule has 2 aromatic rings. The Bertz CT molecular complexity index is 629. The molecule has 6 nitrogen and oxygen atoms in total. The standard InChI is InChI=1S/C14H15N3O3/c1-2-16-14(19)10-8-9(6-7-17-10)20-12-5-3-4-11(18)13(12)15/h3-8,18H,2,15H2,1H3,(H,16,19). The fourth-order valence-electron chi connectivity index (χ4n) is 1.60. The minimum absolute atomic E-state index is 0.0551. The number of hydrogen-bond donors (Lipinski definition) is 3. The second-order valence-corrected chi connectivity index (χ2v) is 4.03. The van der Waals surface area contributed by atoms with Crippen LogP contribution >= 0.6 is 0 Å². The summed E-state index contributed by atoms with van der Waals surface area (Å²) < 4.78 is 5.55. The van der Waals surface area contributed by atoms with E-state index in [2.05, 4.69) is 10.3 Å². The van der Waals surface area contributed by atoms with Crippen LogP contribution in [-0.4, -0.2) is 22.5 Å². The number of carbonyl (C=O) groups excluding carboxylic acids is 1. The van der Waals surface area contributed by atoms with Gasteiger partial charge in [0.1, 0.15) is 22.9 Å². The van der Waals surface area contributed by atoms with E-state index in [1.165, 1.54) is 18.3 Å². The lowest BCUT2D eigenvalue weighted by Crippen LogP contribution is -2.23. The smallest absolute Gasteiger partial charge is 0.270 e. The molecule has 1 heterocycles. The van der Waals surface area contributed by atoms with Gasteiger partial charge in [0, 0.05) is 18.8 Å². The van der Waals surface area contributed by atoms with Gasteiger partial charge >= 0.3 is 0 Å². The molecule has 0 aliphatic carbocycles. The molecule has 0 aliphatic heterocycles. The van der Waals surface area contributed by atoms with Crippen molar-refractivity contribution in [1.82, 2.24) is 10.3 Å².